The first kappa shape index (κ1) is 20.5. The first-order valence-corrected chi connectivity index (χ1v) is 12.7. The van der Waals surface area contributed by atoms with E-state index in [2.05, 4.69) is 4.72 Å². The molecular formula is C18H16Cl2N2O5S2. The second kappa shape index (κ2) is 7.16. The third-order valence-electron chi connectivity index (χ3n) is 5.07. The summed E-state index contributed by atoms with van der Waals surface area (Å²) in [4.78, 5) is 13.6. The Morgan fingerprint density at radius 3 is 2.48 bits per heavy atom. The van der Waals surface area contributed by atoms with Crippen molar-refractivity contribution in [2.75, 3.05) is 21.1 Å². The molecule has 0 radical (unpaired) electrons. The highest BCUT2D eigenvalue weighted by molar-refractivity contribution is 7.93. The van der Waals surface area contributed by atoms with E-state index in [1.54, 1.807) is 18.2 Å². The van der Waals surface area contributed by atoms with E-state index >= 15 is 0 Å². The topological polar surface area (TPSA) is 101 Å². The van der Waals surface area contributed by atoms with Gasteiger partial charge >= 0.3 is 0 Å². The third-order valence-corrected chi connectivity index (χ3v) is 9.04. The first-order chi connectivity index (χ1) is 13.6. The molecule has 2 saturated heterocycles. The van der Waals surface area contributed by atoms with Crippen molar-refractivity contribution in [3.63, 3.8) is 0 Å². The SMILES string of the molecule is O=C1C[C@H]2CS(=O)(=O)C[C@H]2N1c1ccc(Cl)c(S(=O)(=O)Nc2ccccc2Cl)c1. The van der Waals surface area contributed by atoms with E-state index in [9.17, 15) is 21.6 Å². The zero-order valence-electron chi connectivity index (χ0n) is 14.9. The maximum Gasteiger partial charge on any atom is 0.263 e. The Bertz CT molecular complexity index is 1210. The first-order valence-electron chi connectivity index (χ1n) is 8.67. The number of para-hydroxylation sites is 1. The van der Waals surface area contributed by atoms with Crippen molar-refractivity contribution in [2.45, 2.75) is 17.4 Å². The molecule has 2 aromatic rings. The molecule has 4 rings (SSSR count). The summed E-state index contributed by atoms with van der Waals surface area (Å²) < 4.78 is 52.1. The van der Waals surface area contributed by atoms with Crippen molar-refractivity contribution in [2.24, 2.45) is 5.92 Å². The zero-order valence-corrected chi connectivity index (χ0v) is 18.0. The number of sulfone groups is 1. The second-order valence-corrected chi connectivity index (χ2v) is 11.7. The van der Waals surface area contributed by atoms with Crippen LogP contribution >= 0.6 is 23.2 Å². The van der Waals surface area contributed by atoms with Gasteiger partial charge in [0.1, 0.15) is 4.90 Å². The third kappa shape index (κ3) is 3.84. The van der Waals surface area contributed by atoms with Gasteiger partial charge in [-0.1, -0.05) is 35.3 Å². The van der Waals surface area contributed by atoms with Crippen LogP contribution in [-0.2, 0) is 24.7 Å². The molecule has 1 amide bonds. The number of amides is 1. The fourth-order valence-corrected chi connectivity index (χ4v) is 7.73. The molecule has 0 spiro atoms. The molecule has 0 bridgehead atoms. The van der Waals surface area contributed by atoms with Crippen LogP contribution in [-0.4, -0.2) is 40.3 Å². The molecule has 2 fully saturated rings. The van der Waals surface area contributed by atoms with Gasteiger partial charge in [0.2, 0.25) is 5.91 Å². The lowest BCUT2D eigenvalue weighted by atomic mass is 10.1. The lowest BCUT2D eigenvalue weighted by Gasteiger charge is -2.24. The normalized spacial score (nSPS) is 23.2. The molecule has 11 heteroatoms. The van der Waals surface area contributed by atoms with Gasteiger partial charge in [0, 0.05) is 18.0 Å². The predicted octanol–water partition coefficient (Wildman–Crippen LogP) is 2.94. The summed E-state index contributed by atoms with van der Waals surface area (Å²) in [5.41, 5.74) is 0.485. The second-order valence-electron chi connectivity index (χ2n) is 7.07. The lowest BCUT2D eigenvalue weighted by Crippen LogP contribution is -2.36. The predicted molar refractivity (Wildman–Crippen MR) is 112 cm³/mol. The van der Waals surface area contributed by atoms with E-state index < -0.39 is 25.9 Å². The molecule has 2 aromatic carbocycles. The maximum absolute atomic E-state index is 12.9. The van der Waals surface area contributed by atoms with Crippen LogP contribution < -0.4 is 9.62 Å². The molecular weight excluding hydrogens is 459 g/mol. The monoisotopic (exact) mass is 474 g/mol. The molecule has 0 aromatic heterocycles. The highest BCUT2D eigenvalue weighted by Gasteiger charge is 2.49. The van der Waals surface area contributed by atoms with Crippen molar-refractivity contribution in [3.05, 3.63) is 52.5 Å². The van der Waals surface area contributed by atoms with Gasteiger partial charge in [0.15, 0.2) is 9.84 Å². The molecule has 2 heterocycles. The Morgan fingerprint density at radius 1 is 1.03 bits per heavy atom. The molecule has 0 aliphatic carbocycles. The maximum atomic E-state index is 12.9. The summed E-state index contributed by atoms with van der Waals surface area (Å²) in [6, 6.07) is 10.0. The van der Waals surface area contributed by atoms with Gasteiger partial charge in [-0.2, -0.15) is 0 Å². The van der Waals surface area contributed by atoms with E-state index in [1.807, 2.05) is 0 Å². The highest BCUT2D eigenvalue weighted by Crippen LogP contribution is 2.39. The number of hydrogen-bond donors (Lipinski definition) is 1. The van der Waals surface area contributed by atoms with E-state index in [0.717, 1.165) is 0 Å². The van der Waals surface area contributed by atoms with Crippen LogP contribution in [0.1, 0.15) is 6.42 Å². The summed E-state index contributed by atoms with van der Waals surface area (Å²) in [5.74, 6) is -0.692. The molecule has 0 unspecified atom stereocenters. The number of hydrogen-bond acceptors (Lipinski definition) is 5. The Hall–Kier alpha value is -1.81. The number of carbonyl (C=O) groups is 1. The van der Waals surface area contributed by atoms with Gasteiger partial charge in [-0.3, -0.25) is 9.52 Å². The molecule has 2 atom stereocenters. The number of carbonyl (C=O) groups excluding carboxylic acids is 1. The largest absolute Gasteiger partial charge is 0.308 e. The van der Waals surface area contributed by atoms with E-state index in [4.69, 9.17) is 23.2 Å². The molecule has 154 valence electrons. The summed E-state index contributed by atoms with van der Waals surface area (Å²) in [6.45, 7) is 0. The Labute approximate surface area is 178 Å². The molecule has 7 nitrogen and oxygen atoms in total. The summed E-state index contributed by atoms with van der Waals surface area (Å²) in [5, 5.41) is 0.188. The van der Waals surface area contributed by atoms with Crippen molar-refractivity contribution < 1.29 is 21.6 Å². The number of nitrogens with zero attached hydrogens (tertiary/aromatic N) is 1. The number of rotatable bonds is 4. The molecule has 2 aliphatic rings. The van der Waals surface area contributed by atoms with Gasteiger partial charge < -0.3 is 4.90 Å². The van der Waals surface area contributed by atoms with Gasteiger partial charge in [-0.15, -0.1) is 0 Å². The Kier molecular flexibility index (Phi) is 5.05. The number of benzene rings is 2. The fourth-order valence-electron chi connectivity index (χ4n) is 3.82. The van der Waals surface area contributed by atoms with Crippen LogP contribution in [0, 0.1) is 5.92 Å². The molecule has 0 saturated carbocycles. The number of fused-ring (bicyclic) bond motifs is 1. The standard InChI is InChI=1S/C18H16Cl2N2O5S2/c19-13-3-1-2-4-15(13)21-29(26,27)17-8-12(5-6-14(17)20)22-16-10-28(24,25)9-11(16)7-18(22)23/h1-6,8,11,16,21H,7,9-10H2/t11-,16+/m0/s1. The molecule has 29 heavy (non-hydrogen) atoms. The summed E-state index contributed by atoms with van der Waals surface area (Å²) >= 11 is 12.2. The number of anilines is 2. The van der Waals surface area contributed by atoms with Gasteiger partial charge in [0.25, 0.3) is 10.0 Å². The summed E-state index contributed by atoms with van der Waals surface area (Å²) in [6.07, 6.45) is 0.118. The van der Waals surface area contributed by atoms with Gasteiger partial charge in [-0.25, -0.2) is 16.8 Å². The lowest BCUT2D eigenvalue weighted by molar-refractivity contribution is -0.117. The quantitative estimate of drug-likeness (QED) is 0.733. The minimum atomic E-state index is -4.10. The van der Waals surface area contributed by atoms with Crippen molar-refractivity contribution in [1.29, 1.82) is 0 Å². The molecule has 1 N–H and O–H groups in total. The summed E-state index contributed by atoms with van der Waals surface area (Å²) in [7, 11) is -7.33. The minimum absolute atomic E-state index is 0.0319. The van der Waals surface area contributed by atoms with Crippen molar-refractivity contribution in [3.8, 4) is 0 Å². The molecule has 2 aliphatic heterocycles. The average molecular weight is 475 g/mol. The van der Waals surface area contributed by atoms with Crippen molar-refractivity contribution >= 4 is 60.3 Å². The number of sulfonamides is 1. The highest BCUT2D eigenvalue weighted by atomic mass is 35.5. The number of nitrogens with one attached hydrogen (secondary N) is 1. The van der Waals surface area contributed by atoms with E-state index in [-0.39, 0.29) is 50.4 Å². The Balaban J connectivity index is 1.71. The van der Waals surface area contributed by atoms with E-state index in [0.29, 0.717) is 5.69 Å². The van der Waals surface area contributed by atoms with Crippen molar-refractivity contribution in [1.82, 2.24) is 0 Å². The van der Waals surface area contributed by atoms with Crippen LogP contribution in [0.25, 0.3) is 0 Å². The van der Waals surface area contributed by atoms with Crippen LogP contribution in [0.15, 0.2) is 47.4 Å². The number of halogens is 2. The smallest absolute Gasteiger partial charge is 0.263 e. The Morgan fingerprint density at radius 2 is 1.76 bits per heavy atom. The van der Waals surface area contributed by atoms with Crippen LogP contribution in [0.3, 0.4) is 0 Å². The van der Waals surface area contributed by atoms with Gasteiger partial charge in [-0.05, 0) is 30.3 Å². The minimum Gasteiger partial charge on any atom is -0.308 e. The van der Waals surface area contributed by atoms with Crippen LogP contribution in [0.2, 0.25) is 10.0 Å². The van der Waals surface area contributed by atoms with Gasteiger partial charge in [0.05, 0.1) is 33.3 Å². The van der Waals surface area contributed by atoms with Crippen LogP contribution in [0.5, 0.6) is 0 Å². The van der Waals surface area contributed by atoms with Crippen LogP contribution in [0.4, 0.5) is 11.4 Å². The zero-order chi connectivity index (χ0) is 21.0. The van der Waals surface area contributed by atoms with E-state index in [1.165, 1.54) is 29.2 Å². The average Bonchev–Trinajstić information content (AvgIpc) is 3.07. The fraction of sp³-hybridized carbons (Fsp3) is 0.278.